The van der Waals surface area contributed by atoms with E-state index in [1.807, 2.05) is 18.7 Å². The molecule has 2 rings (SSSR count). The highest BCUT2D eigenvalue weighted by Crippen LogP contribution is 2.37. The molecule has 2 fully saturated rings. The summed E-state index contributed by atoms with van der Waals surface area (Å²) in [7, 11) is 0. The van der Waals surface area contributed by atoms with Gasteiger partial charge in [-0.3, -0.25) is 4.79 Å². The molecule has 17 heavy (non-hydrogen) atoms. The third kappa shape index (κ3) is 2.99. The number of rotatable bonds is 4. The van der Waals surface area contributed by atoms with Gasteiger partial charge in [-0.05, 0) is 38.5 Å². The molecule has 2 N–H and O–H groups in total. The Labute approximate surface area is 103 Å². The zero-order valence-corrected chi connectivity index (χ0v) is 10.9. The van der Waals surface area contributed by atoms with Gasteiger partial charge in [0.25, 0.3) is 0 Å². The van der Waals surface area contributed by atoms with Gasteiger partial charge in [-0.25, -0.2) is 0 Å². The van der Waals surface area contributed by atoms with Crippen LogP contribution in [0.15, 0.2) is 0 Å². The number of ether oxygens (including phenoxy) is 1. The van der Waals surface area contributed by atoms with Gasteiger partial charge in [-0.1, -0.05) is 0 Å². The lowest BCUT2D eigenvalue weighted by Gasteiger charge is -2.19. The van der Waals surface area contributed by atoms with Crippen LogP contribution in [-0.2, 0) is 9.53 Å². The van der Waals surface area contributed by atoms with Crippen LogP contribution in [0.1, 0.15) is 33.1 Å². The van der Waals surface area contributed by atoms with E-state index >= 15 is 0 Å². The fourth-order valence-corrected chi connectivity index (χ4v) is 3.05. The molecule has 0 aromatic rings. The Balaban J connectivity index is 1.75. The standard InChI is InChI=1S/C13H24N2O2/c1-9(2)17-6-5-13(16)15-7-10-3-4-12(14)11(10)8-15/h9-12H,3-8,14H2,1-2H3/t10-,11-,12+/m0/s1. The van der Waals surface area contributed by atoms with Crippen molar-refractivity contribution >= 4 is 5.91 Å². The van der Waals surface area contributed by atoms with Crippen LogP contribution >= 0.6 is 0 Å². The molecule has 3 atom stereocenters. The molecule has 0 bridgehead atoms. The van der Waals surface area contributed by atoms with E-state index in [9.17, 15) is 4.79 Å². The van der Waals surface area contributed by atoms with E-state index in [2.05, 4.69) is 0 Å². The summed E-state index contributed by atoms with van der Waals surface area (Å²) in [5.41, 5.74) is 6.06. The van der Waals surface area contributed by atoms with Gasteiger partial charge >= 0.3 is 0 Å². The number of nitrogens with zero attached hydrogens (tertiary/aromatic N) is 1. The monoisotopic (exact) mass is 240 g/mol. The quantitative estimate of drug-likeness (QED) is 0.797. The van der Waals surface area contributed by atoms with Crippen LogP contribution in [0.5, 0.6) is 0 Å². The van der Waals surface area contributed by atoms with Crippen LogP contribution in [0, 0.1) is 11.8 Å². The Bertz CT molecular complexity index is 281. The van der Waals surface area contributed by atoms with E-state index < -0.39 is 0 Å². The van der Waals surface area contributed by atoms with Crippen molar-refractivity contribution in [1.82, 2.24) is 4.90 Å². The van der Waals surface area contributed by atoms with Crippen molar-refractivity contribution in [2.75, 3.05) is 19.7 Å². The van der Waals surface area contributed by atoms with Gasteiger partial charge in [0.2, 0.25) is 5.91 Å². The summed E-state index contributed by atoms with van der Waals surface area (Å²) in [6.45, 7) is 6.30. The molecule has 0 aromatic carbocycles. The molecule has 1 heterocycles. The van der Waals surface area contributed by atoms with Crippen LogP contribution in [0.4, 0.5) is 0 Å². The molecule has 0 radical (unpaired) electrons. The van der Waals surface area contributed by atoms with Crippen molar-refractivity contribution in [3.63, 3.8) is 0 Å². The molecule has 1 saturated heterocycles. The SMILES string of the molecule is CC(C)OCCC(=O)N1C[C@@H]2CC[C@@H](N)[C@H]2C1. The molecule has 0 spiro atoms. The van der Waals surface area contributed by atoms with Crippen molar-refractivity contribution in [3.8, 4) is 0 Å². The molecule has 0 aromatic heterocycles. The number of amides is 1. The van der Waals surface area contributed by atoms with E-state index in [4.69, 9.17) is 10.5 Å². The summed E-state index contributed by atoms with van der Waals surface area (Å²) in [4.78, 5) is 14.0. The fraction of sp³-hybridized carbons (Fsp3) is 0.923. The average molecular weight is 240 g/mol. The van der Waals surface area contributed by atoms with E-state index in [-0.39, 0.29) is 12.0 Å². The molecular weight excluding hydrogens is 216 g/mol. The predicted molar refractivity (Wildman–Crippen MR) is 66.5 cm³/mol. The number of fused-ring (bicyclic) bond motifs is 1. The first kappa shape index (κ1) is 12.8. The Morgan fingerprint density at radius 3 is 2.82 bits per heavy atom. The lowest BCUT2D eigenvalue weighted by atomic mass is 9.98. The minimum Gasteiger partial charge on any atom is -0.378 e. The second kappa shape index (κ2) is 5.36. The number of hydrogen-bond acceptors (Lipinski definition) is 3. The number of hydrogen-bond donors (Lipinski definition) is 1. The fourth-order valence-electron chi connectivity index (χ4n) is 3.05. The van der Waals surface area contributed by atoms with Crippen molar-refractivity contribution in [2.24, 2.45) is 17.6 Å². The zero-order chi connectivity index (χ0) is 12.4. The van der Waals surface area contributed by atoms with Crippen LogP contribution in [-0.4, -0.2) is 42.6 Å². The molecule has 1 amide bonds. The molecule has 4 nitrogen and oxygen atoms in total. The third-order valence-electron chi connectivity index (χ3n) is 4.03. The molecule has 1 aliphatic heterocycles. The number of carbonyl (C=O) groups excluding carboxylic acids is 1. The first-order valence-electron chi connectivity index (χ1n) is 6.73. The van der Waals surface area contributed by atoms with Gasteiger partial charge in [-0.15, -0.1) is 0 Å². The number of carbonyl (C=O) groups is 1. The van der Waals surface area contributed by atoms with Gasteiger partial charge in [0, 0.05) is 19.1 Å². The van der Waals surface area contributed by atoms with Gasteiger partial charge < -0.3 is 15.4 Å². The molecule has 98 valence electrons. The van der Waals surface area contributed by atoms with E-state index in [0.717, 1.165) is 19.5 Å². The smallest absolute Gasteiger partial charge is 0.224 e. The van der Waals surface area contributed by atoms with Gasteiger partial charge in [0.15, 0.2) is 0 Å². The molecule has 1 saturated carbocycles. The summed E-state index contributed by atoms with van der Waals surface area (Å²) in [6, 6.07) is 0.310. The molecule has 4 heteroatoms. The normalized spacial score (nSPS) is 32.2. The second-order valence-corrected chi connectivity index (χ2v) is 5.63. The minimum absolute atomic E-state index is 0.203. The molecular formula is C13H24N2O2. The van der Waals surface area contributed by atoms with E-state index in [1.165, 1.54) is 6.42 Å². The number of likely N-dealkylation sites (tertiary alicyclic amines) is 1. The minimum atomic E-state index is 0.203. The molecule has 2 aliphatic rings. The summed E-state index contributed by atoms with van der Waals surface area (Å²) in [5.74, 6) is 1.43. The first-order valence-corrected chi connectivity index (χ1v) is 6.73. The molecule has 1 aliphatic carbocycles. The van der Waals surface area contributed by atoms with Crippen molar-refractivity contribution < 1.29 is 9.53 Å². The largest absolute Gasteiger partial charge is 0.378 e. The Hall–Kier alpha value is -0.610. The third-order valence-corrected chi connectivity index (χ3v) is 4.03. The van der Waals surface area contributed by atoms with Crippen LogP contribution < -0.4 is 5.73 Å². The lowest BCUT2D eigenvalue weighted by Crippen LogP contribution is -2.34. The predicted octanol–water partition coefficient (Wildman–Crippen LogP) is 0.997. The Morgan fingerprint density at radius 2 is 2.18 bits per heavy atom. The van der Waals surface area contributed by atoms with Crippen LogP contribution in [0.25, 0.3) is 0 Å². The Morgan fingerprint density at radius 1 is 1.41 bits per heavy atom. The van der Waals surface area contributed by atoms with Crippen molar-refractivity contribution in [3.05, 3.63) is 0 Å². The Kier molecular flexibility index (Phi) is 4.05. The first-order chi connectivity index (χ1) is 8.08. The molecule has 0 unspecified atom stereocenters. The van der Waals surface area contributed by atoms with E-state index in [1.54, 1.807) is 0 Å². The summed E-state index contributed by atoms with van der Waals surface area (Å²) in [5, 5.41) is 0. The summed E-state index contributed by atoms with van der Waals surface area (Å²) >= 11 is 0. The van der Waals surface area contributed by atoms with Gasteiger partial charge in [-0.2, -0.15) is 0 Å². The van der Waals surface area contributed by atoms with Crippen molar-refractivity contribution in [2.45, 2.75) is 45.3 Å². The van der Waals surface area contributed by atoms with Gasteiger partial charge in [0.1, 0.15) is 0 Å². The maximum atomic E-state index is 12.0. The highest BCUT2D eigenvalue weighted by atomic mass is 16.5. The average Bonchev–Trinajstić information content (AvgIpc) is 2.81. The van der Waals surface area contributed by atoms with Crippen molar-refractivity contribution in [1.29, 1.82) is 0 Å². The van der Waals surface area contributed by atoms with Crippen LogP contribution in [0.3, 0.4) is 0 Å². The van der Waals surface area contributed by atoms with Crippen LogP contribution in [0.2, 0.25) is 0 Å². The summed E-state index contributed by atoms with van der Waals surface area (Å²) < 4.78 is 5.41. The second-order valence-electron chi connectivity index (χ2n) is 5.63. The number of nitrogens with two attached hydrogens (primary N) is 1. The maximum Gasteiger partial charge on any atom is 0.224 e. The lowest BCUT2D eigenvalue weighted by molar-refractivity contribution is -0.131. The highest BCUT2D eigenvalue weighted by molar-refractivity contribution is 5.76. The van der Waals surface area contributed by atoms with E-state index in [0.29, 0.717) is 30.9 Å². The summed E-state index contributed by atoms with van der Waals surface area (Å²) in [6.07, 6.45) is 3.04. The van der Waals surface area contributed by atoms with Gasteiger partial charge in [0.05, 0.1) is 19.1 Å². The maximum absolute atomic E-state index is 12.0. The topological polar surface area (TPSA) is 55.6 Å². The highest BCUT2D eigenvalue weighted by Gasteiger charge is 2.42. The zero-order valence-electron chi connectivity index (χ0n) is 10.9.